The number of para-hydroxylation sites is 1. The van der Waals surface area contributed by atoms with Crippen LogP contribution >= 0.6 is 11.6 Å². The first kappa shape index (κ1) is 14.8. The molecule has 0 aliphatic rings. The minimum atomic E-state index is -0.450. The Labute approximate surface area is 127 Å². The lowest BCUT2D eigenvalue weighted by Crippen LogP contribution is -2.14. The van der Waals surface area contributed by atoms with Gasteiger partial charge in [0.15, 0.2) is 5.78 Å². The van der Waals surface area contributed by atoms with Crippen LogP contribution in [-0.2, 0) is 4.79 Å². The van der Waals surface area contributed by atoms with Crippen molar-refractivity contribution < 1.29 is 9.59 Å². The van der Waals surface area contributed by atoms with E-state index in [1.807, 2.05) is 0 Å². The molecule has 0 aromatic heterocycles. The van der Waals surface area contributed by atoms with Crippen molar-refractivity contribution in [1.29, 1.82) is 5.26 Å². The minimum absolute atomic E-state index is 0.223. The molecule has 0 spiro atoms. The van der Waals surface area contributed by atoms with Crippen molar-refractivity contribution in [3.8, 4) is 6.07 Å². The van der Waals surface area contributed by atoms with Gasteiger partial charge in [-0.3, -0.25) is 9.59 Å². The molecule has 0 aliphatic heterocycles. The molecule has 4 nitrogen and oxygen atoms in total. The highest BCUT2D eigenvalue weighted by Crippen LogP contribution is 2.20. The third-order valence-corrected chi connectivity index (χ3v) is 3.04. The van der Waals surface area contributed by atoms with Gasteiger partial charge in [-0.1, -0.05) is 23.7 Å². The molecule has 0 atom stereocenters. The van der Waals surface area contributed by atoms with Crippen molar-refractivity contribution >= 4 is 29.0 Å². The predicted octanol–water partition coefficient (Wildman–Crippen LogP) is 3.42. The first-order valence-electron chi connectivity index (χ1n) is 6.18. The summed E-state index contributed by atoms with van der Waals surface area (Å²) in [6.07, 6.45) is -0.260. The van der Waals surface area contributed by atoms with Crippen LogP contribution in [0.2, 0.25) is 5.02 Å². The minimum Gasteiger partial charge on any atom is -0.325 e. The van der Waals surface area contributed by atoms with Gasteiger partial charge in [-0.05, 0) is 36.4 Å². The summed E-state index contributed by atoms with van der Waals surface area (Å²) in [6, 6.07) is 14.9. The van der Waals surface area contributed by atoms with Crippen molar-refractivity contribution in [2.75, 3.05) is 5.32 Å². The number of hydrogen-bond donors (Lipinski definition) is 1. The molecule has 1 N–H and O–H groups in total. The van der Waals surface area contributed by atoms with Crippen LogP contribution in [0.3, 0.4) is 0 Å². The maximum absolute atomic E-state index is 12.5. The van der Waals surface area contributed by atoms with Gasteiger partial charge in [-0.15, -0.1) is 0 Å². The van der Waals surface area contributed by atoms with Gasteiger partial charge >= 0.3 is 0 Å². The Bertz CT molecular complexity index is 718. The van der Waals surface area contributed by atoms with Gasteiger partial charge < -0.3 is 5.32 Å². The Balaban J connectivity index is 2.31. The van der Waals surface area contributed by atoms with E-state index < -0.39 is 5.91 Å². The van der Waals surface area contributed by atoms with Crippen molar-refractivity contribution in [2.45, 2.75) is 6.42 Å². The van der Waals surface area contributed by atoms with E-state index in [2.05, 4.69) is 5.32 Å². The number of nitriles is 1. The molecular weight excluding hydrogens is 288 g/mol. The van der Waals surface area contributed by atoms with Gasteiger partial charge in [-0.25, -0.2) is 0 Å². The zero-order valence-corrected chi connectivity index (χ0v) is 11.7. The van der Waals surface area contributed by atoms with Gasteiger partial charge in [0.25, 0.3) is 0 Å². The first-order chi connectivity index (χ1) is 10.1. The average Bonchev–Trinajstić information content (AvgIpc) is 2.48. The fourth-order valence-corrected chi connectivity index (χ4v) is 1.94. The Morgan fingerprint density at radius 2 is 1.76 bits per heavy atom. The van der Waals surface area contributed by atoms with Gasteiger partial charge in [0.05, 0.1) is 11.8 Å². The highest BCUT2D eigenvalue weighted by atomic mass is 35.5. The summed E-state index contributed by atoms with van der Waals surface area (Å²) in [5, 5.41) is 11.6. The molecule has 1 amide bonds. The van der Waals surface area contributed by atoms with E-state index >= 15 is 0 Å². The van der Waals surface area contributed by atoms with Crippen LogP contribution in [0, 0.1) is 11.3 Å². The van der Waals surface area contributed by atoms with E-state index in [0.29, 0.717) is 21.8 Å². The molecule has 0 saturated carbocycles. The van der Waals surface area contributed by atoms with Crippen LogP contribution in [0.25, 0.3) is 0 Å². The lowest BCUT2D eigenvalue weighted by molar-refractivity contribution is -0.115. The number of carbonyl (C=O) groups is 2. The smallest absolute Gasteiger partial charge is 0.238 e. The molecule has 21 heavy (non-hydrogen) atoms. The van der Waals surface area contributed by atoms with Crippen molar-refractivity contribution in [2.24, 2.45) is 0 Å². The number of anilines is 1. The first-order valence-corrected chi connectivity index (χ1v) is 6.55. The van der Waals surface area contributed by atoms with E-state index in [9.17, 15) is 9.59 Å². The SMILES string of the molecule is N#CCC(=O)Nc1ccccc1C(=O)c1ccc(Cl)cc1. The van der Waals surface area contributed by atoms with E-state index in [-0.39, 0.29) is 12.2 Å². The van der Waals surface area contributed by atoms with Crippen LogP contribution in [0.1, 0.15) is 22.3 Å². The maximum Gasteiger partial charge on any atom is 0.238 e. The molecule has 2 aromatic rings. The van der Waals surface area contributed by atoms with E-state index in [1.54, 1.807) is 54.6 Å². The molecule has 2 aromatic carbocycles. The fraction of sp³-hybridized carbons (Fsp3) is 0.0625. The third kappa shape index (κ3) is 3.68. The van der Waals surface area contributed by atoms with Crippen LogP contribution in [0.5, 0.6) is 0 Å². The van der Waals surface area contributed by atoms with Gasteiger partial charge in [0.1, 0.15) is 6.42 Å². The molecular formula is C16H11ClN2O2. The number of nitrogens with zero attached hydrogens (tertiary/aromatic N) is 1. The van der Waals surface area contributed by atoms with Gasteiger partial charge in [0, 0.05) is 16.1 Å². The average molecular weight is 299 g/mol. The highest BCUT2D eigenvalue weighted by Gasteiger charge is 2.14. The molecule has 0 radical (unpaired) electrons. The van der Waals surface area contributed by atoms with Crippen molar-refractivity contribution in [1.82, 2.24) is 0 Å². The molecule has 0 fully saturated rings. The number of halogens is 1. The Morgan fingerprint density at radius 3 is 2.43 bits per heavy atom. The number of amides is 1. The summed E-state index contributed by atoms with van der Waals surface area (Å²) in [6.45, 7) is 0. The number of hydrogen-bond acceptors (Lipinski definition) is 3. The van der Waals surface area contributed by atoms with Crippen LogP contribution < -0.4 is 5.32 Å². The summed E-state index contributed by atoms with van der Waals surface area (Å²) < 4.78 is 0. The van der Waals surface area contributed by atoms with Crippen LogP contribution in [0.15, 0.2) is 48.5 Å². The second-order valence-corrected chi connectivity index (χ2v) is 4.70. The number of ketones is 1. The van der Waals surface area contributed by atoms with E-state index in [1.165, 1.54) is 0 Å². The molecule has 5 heteroatoms. The molecule has 104 valence electrons. The fourth-order valence-electron chi connectivity index (χ4n) is 1.81. The quantitative estimate of drug-likeness (QED) is 0.879. The van der Waals surface area contributed by atoms with Gasteiger partial charge in [0.2, 0.25) is 5.91 Å². The highest BCUT2D eigenvalue weighted by molar-refractivity contribution is 6.30. The van der Waals surface area contributed by atoms with Crippen LogP contribution in [-0.4, -0.2) is 11.7 Å². The molecule has 0 aliphatic carbocycles. The Morgan fingerprint density at radius 1 is 1.10 bits per heavy atom. The molecule has 0 saturated heterocycles. The second kappa shape index (κ2) is 6.69. The summed E-state index contributed by atoms with van der Waals surface area (Å²) in [7, 11) is 0. The largest absolute Gasteiger partial charge is 0.325 e. The number of benzene rings is 2. The second-order valence-electron chi connectivity index (χ2n) is 4.26. The maximum atomic E-state index is 12.5. The zero-order chi connectivity index (χ0) is 15.2. The zero-order valence-electron chi connectivity index (χ0n) is 11.0. The normalized spacial score (nSPS) is 9.71. The summed E-state index contributed by atoms with van der Waals surface area (Å²) in [5.41, 5.74) is 1.23. The predicted molar refractivity (Wildman–Crippen MR) is 80.2 cm³/mol. The van der Waals surface area contributed by atoms with Crippen molar-refractivity contribution in [3.63, 3.8) is 0 Å². The van der Waals surface area contributed by atoms with E-state index in [4.69, 9.17) is 16.9 Å². The molecule has 0 unspecified atom stereocenters. The Hall–Kier alpha value is -2.64. The third-order valence-electron chi connectivity index (χ3n) is 2.79. The number of rotatable bonds is 4. The Kier molecular flexibility index (Phi) is 4.70. The number of nitrogens with one attached hydrogen (secondary N) is 1. The number of carbonyl (C=O) groups excluding carboxylic acids is 2. The molecule has 0 heterocycles. The molecule has 0 bridgehead atoms. The van der Waals surface area contributed by atoms with Gasteiger partial charge in [-0.2, -0.15) is 5.26 Å². The summed E-state index contributed by atoms with van der Waals surface area (Å²) in [5.74, 6) is -0.673. The summed E-state index contributed by atoms with van der Waals surface area (Å²) in [4.78, 5) is 24.0. The summed E-state index contributed by atoms with van der Waals surface area (Å²) >= 11 is 5.80. The van der Waals surface area contributed by atoms with Crippen LogP contribution in [0.4, 0.5) is 5.69 Å². The molecule has 2 rings (SSSR count). The topological polar surface area (TPSA) is 70.0 Å². The standard InChI is InChI=1S/C16H11ClN2O2/c17-12-7-5-11(6-8-12)16(21)13-3-1-2-4-14(13)19-15(20)9-10-18/h1-8H,9H2,(H,19,20). The van der Waals surface area contributed by atoms with E-state index in [0.717, 1.165) is 0 Å². The van der Waals surface area contributed by atoms with Crippen molar-refractivity contribution in [3.05, 3.63) is 64.7 Å². The monoisotopic (exact) mass is 298 g/mol. The lowest BCUT2D eigenvalue weighted by atomic mass is 10.0. The lowest BCUT2D eigenvalue weighted by Gasteiger charge is -2.09.